The van der Waals surface area contributed by atoms with E-state index >= 15 is 0 Å². The van der Waals surface area contributed by atoms with Gasteiger partial charge in [0.25, 0.3) is 0 Å². The molecule has 17 heavy (non-hydrogen) atoms. The molecule has 0 saturated carbocycles. The smallest absolute Gasteiger partial charge is 0.335 e. The summed E-state index contributed by atoms with van der Waals surface area (Å²) >= 11 is 0. The predicted molar refractivity (Wildman–Crippen MR) is 65.3 cm³/mol. The fourth-order valence-electron chi connectivity index (χ4n) is 3.27. The van der Waals surface area contributed by atoms with Crippen molar-refractivity contribution in [2.45, 2.75) is 31.7 Å². The molecule has 1 aliphatic heterocycles. The Balaban J connectivity index is 1.97. The van der Waals surface area contributed by atoms with Crippen LogP contribution in [0.15, 0.2) is 18.2 Å². The molecule has 1 aliphatic carbocycles. The Morgan fingerprint density at radius 2 is 2.06 bits per heavy atom. The topological polar surface area (TPSA) is 40.5 Å². The quantitative estimate of drug-likeness (QED) is 0.850. The lowest BCUT2D eigenvalue weighted by Gasteiger charge is -2.24. The van der Waals surface area contributed by atoms with Crippen LogP contribution in [0.2, 0.25) is 0 Å². The number of carboxylic acid groups (broad SMARTS) is 1. The van der Waals surface area contributed by atoms with Crippen LogP contribution in [-0.4, -0.2) is 29.1 Å². The number of rotatable bonds is 2. The van der Waals surface area contributed by atoms with E-state index in [0.29, 0.717) is 11.6 Å². The number of nitrogens with zero attached hydrogens (tertiary/aromatic N) is 1. The molecule has 3 rings (SSSR count). The summed E-state index contributed by atoms with van der Waals surface area (Å²) in [5.74, 6) is -0.788. The number of hydrogen-bond acceptors (Lipinski definition) is 2. The van der Waals surface area contributed by atoms with Gasteiger partial charge in [0.2, 0.25) is 0 Å². The lowest BCUT2D eigenvalue weighted by atomic mass is 10.0. The Bertz CT molecular complexity index is 450. The van der Waals surface area contributed by atoms with Crippen LogP contribution in [0.1, 0.15) is 46.8 Å². The standard InChI is InChI=1S/C14H17NO2/c16-14(17)12-5-3-4-11-10(12)6-7-13(11)15-8-1-2-9-15/h3-5,13H,1-2,6-9H2,(H,16,17). The van der Waals surface area contributed by atoms with E-state index in [1.54, 1.807) is 6.07 Å². The van der Waals surface area contributed by atoms with E-state index in [1.165, 1.54) is 31.5 Å². The number of benzene rings is 1. The van der Waals surface area contributed by atoms with E-state index in [-0.39, 0.29) is 0 Å². The second-order valence-electron chi connectivity index (χ2n) is 4.98. The highest BCUT2D eigenvalue weighted by Gasteiger charge is 2.31. The van der Waals surface area contributed by atoms with Crippen molar-refractivity contribution in [2.24, 2.45) is 0 Å². The molecule has 1 aromatic carbocycles. The largest absolute Gasteiger partial charge is 0.478 e. The second-order valence-corrected chi connectivity index (χ2v) is 4.98. The van der Waals surface area contributed by atoms with Crippen molar-refractivity contribution in [3.05, 3.63) is 34.9 Å². The molecule has 1 heterocycles. The Morgan fingerprint density at radius 3 is 2.76 bits per heavy atom. The van der Waals surface area contributed by atoms with E-state index in [1.807, 2.05) is 6.07 Å². The highest BCUT2D eigenvalue weighted by atomic mass is 16.4. The summed E-state index contributed by atoms with van der Waals surface area (Å²) in [5.41, 5.74) is 2.83. The van der Waals surface area contributed by atoms with E-state index in [9.17, 15) is 9.90 Å². The Morgan fingerprint density at radius 1 is 1.29 bits per heavy atom. The van der Waals surface area contributed by atoms with Crippen molar-refractivity contribution < 1.29 is 9.90 Å². The van der Waals surface area contributed by atoms with Crippen LogP contribution >= 0.6 is 0 Å². The van der Waals surface area contributed by atoms with Crippen molar-refractivity contribution in [1.82, 2.24) is 4.90 Å². The minimum Gasteiger partial charge on any atom is -0.478 e. The molecule has 3 heteroatoms. The molecule has 1 atom stereocenters. The molecule has 1 N–H and O–H groups in total. The number of carbonyl (C=O) groups is 1. The lowest BCUT2D eigenvalue weighted by molar-refractivity contribution is 0.0696. The Hall–Kier alpha value is -1.35. The number of carboxylic acids is 1. The molecule has 3 nitrogen and oxygen atoms in total. The van der Waals surface area contributed by atoms with Gasteiger partial charge < -0.3 is 5.11 Å². The first-order chi connectivity index (χ1) is 8.27. The van der Waals surface area contributed by atoms with E-state index in [4.69, 9.17) is 0 Å². The Labute approximate surface area is 101 Å². The van der Waals surface area contributed by atoms with Crippen molar-refractivity contribution >= 4 is 5.97 Å². The minimum atomic E-state index is -0.788. The second kappa shape index (κ2) is 4.15. The first-order valence-electron chi connectivity index (χ1n) is 6.36. The molecule has 2 aliphatic rings. The van der Waals surface area contributed by atoms with Crippen LogP contribution in [0, 0.1) is 0 Å². The number of aromatic carboxylic acids is 1. The predicted octanol–water partition coefficient (Wildman–Crippen LogP) is 2.47. The molecular formula is C14H17NO2. The van der Waals surface area contributed by atoms with Crippen LogP contribution in [-0.2, 0) is 6.42 Å². The van der Waals surface area contributed by atoms with E-state index in [2.05, 4.69) is 11.0 Å². The summed E-state index contributed by atoms with van der Waals surface area (Å²) in [6.07, 6.45) is 4.56. The summed E-state index contributed by atoms with van der Waals surface area (Å²) in [5, 5.41) is 9.19. The molecule has 0 aromatic heterocycles. The lowest BCUT2D eigenvalue weighted by Crippen LogP contribution is -2.23. The first-order valence-corrected chi connectivity index (χ1v) is 6.36. The van der Waals surface area contributed by atoms with Crippen LogP contribution in [0.25, 0.3) is 0 Å². The number of fused-ring (bicyclic) bond motifs is 1. The highest BCUT2D eigenvalue weighted by Crippen LogP contribution is 2.38. The molecular weight excluding hydrogens is 214 g/mol. The van der Waals surface area contributed by atoms with E-state index in [0.717, 1.165) is 18.4 Å². The Kier molecular flexibility index (Phi) is 2.63. The SMILES string of the molecule is O=C(O)c1cccc2c1CCC2N1CCCC1. The van der Waals surface area contributed by atoms with Crippen LogP contribution < -0.4 is 0 Å². The van der Waals surface area contributed by atoms with Gasteiger partial charge in [-0.25, -0.2) is 4.79 Å². The summed E-state index contributed by atoms with van der Waals surface area (Å²) in [7, 11) is 0. The number of likely N-dealkylation sites (tertiary alicyclic amines) is 1. The first kappa shape index (κ1) is 10.8. The van der Waals surface area contributed by atoms with E-state index < -0.39 is 5.97 Å². The van der Waals surface area contributed by atoms with Gasteiger partial charge in [0, 0.05) is 6.04 Å². The average molecular weight is 231 g/mol. The van der Waals surface area contributed by atoms with Gasteiger partial charge in [-0.2, -0.15) is 0 Å². The zero-order valence-electron chi connectivity index (χ0n) is 9.85. The molecule has 0 radical (unpaired) electrons. The molecule has 1 saturated heterocycles. The third-order valence-electron chi connectivity index (χ3n) is 4.05. The zero-order valence-corrected chi connectivity index (χ0v) is 9.85. The fourth-order valence-corrected chi connectivity index (χ4v) is 3.27. The van der Waals surface area contributed by atoms with Crippen LogP contribution in [0.4, 0.5) is 0 Å². The van der Waals surface area contributed by atoms with Gasteiger partial charge in [0.15, 0.2) is 0 Å². The maximum atomic E-state index is 11.2. The van der Waals surface area contributed by atoms with Crippen molar-refractivity contribution in [3.63, 3.8) is 0 Å². The van der Waals surface area contributed by atoms with Gasteiger partial charge in [0.05, 0.1) is 5.56 Å². The maximum absolute atomic E-state index is 11.2. The van der Waals surface area contributed by atoms with Crippen LogP contribution in [0.3, 0.4) is 0 Å². The maximum Gasteiger partial charge on any atom is 0.335 e. The summed E-state index contributed by atoms with van der Waals surface area (Å²) in [4.78, 5) is 13.7. The third-order valence-corrected chi connectivity index (χ3v) is 4.05. The summed E-state index contributed by atoms with van der Waals surface area (Å²) in [6.45, 7) is 2.34. The van der Waals surface area contributed by atoms with Crippen molar-refractivity contribution in [2.75, 3.05) is 13.1 Å². The van der Waals surface area contributed by atoms with Gasteiger partial charge in [-0.15, -0.1) is 0 Å². The average Bonchev–Trinajstić information content (AvgIpc) is 2.96. The molecule has 1 fully saturated rings. The minimum absolute atomic E-state index is 0.465. The highest BCUT2D eigenvalue weighted by molar-refractivity contribution is 5.90. The molecule has 0 spiro atoms. The third kappa shape index (κ3) is 1.75. The molecule has 0 amide bonds. The summed E-state index contributed by atoms with van der Waals surface area (Å²) < 4.78 is 0. The van der Waals surface area contributed by atoms with Gasteiger partial charge in [0.1, 0.15) is 0 Å². The van der Waals surface area contributed by atoms with Gasteiger partial charge in [-0.1, -0.05) is 12.1 Å². The van der Waals surface area contributed by atoms with Crippen LogP contribution in [0.5, 0.6) is 0 Å². The van der Waals surface area contributed by atoms with Gasteiger partial charge in [-0.3, -0.25) is 4.90 Å². The molecule has 0 bridgehead atoms. The summed E-state index contributed by atoms with van der Waals surface area (Å²) in [6, 6.07) is 6.19. The van der Waals surface area contributed by atoms with Gasteiger partial charge >= 0.3 is 5.97 Å². The normalized spacial score (nSPS) is 23.9. The molecule has 1 aromatic rings. The van der Waals surface area contributed by atoms with Crippen molar-refractivity contribution in [1.29, 1.82) is 0 Å². The molecule has 1 unspecified atom stereocenters. The fraction of sp³-hybridized carbons (Fsp3) is 0.500. The number of hydrogen-bond donors (Lipinski definition) is 1. The monoisotopic (exact) mass is 231 g/mol. The zero-order chi connectivity index (χ0) is 11.8. The van der Waals surface area contributed by atoms with Crippen molar-refractivity contribution in [3.8, 4) is 0 Å². The molecule has 90 valence electrons. The van der Waals surface area contributed by atoms with Gasteiger partial charge in [-0.05, 0) is 56.0 Å².